The van der Waals surface area contributed by atoms with Crippen LogP contribution in [0.2, 0.25) is 0 Å². The lowest BCUT2D eigenvalue weighted by Crippen LogP contribution is -2.38. The van der Waals surface area contributed by atoms with Gasteiger partial charge in [0.05, 0.1) is 41.8 Å². The minimum absolute atomic E-state index is 0.576. The highest BCUT2D eigenvalue weighted by Gasteiger charge is 2.12. The summed E-state index contributed by atoms with van der Waals surface area (Å²) in [5.41, 5.74) is 5.36. The van der Waals surface area contributed by atoms with Crippen LogP contribution in [0.15, 0.2) is 70.4 Å². The lowest BCUT2D eigenvalue weighted by Gasteiger charge is -2.25. The van der Waals surface area contributed by atoms with E-state index in [0.717, 1.165) is 71.8 Å². The molecule has 3 heterocycles. The van der Waals surface area contributed by atoms with Crippen molar-refractivity contribution in [2.24, 2.45) is 5.16 Å². The molecule has 0 atom stereocenters. The zero-order valence-electron chi connectivity index (χ0n) is 18.1. The van der Waals surface area contributed by atoms with Crippen LogP contribution in [0.25, 0.3) is 22.0 Å². The Kier molecular flexibility index (Phi) is 6.00. The standard InChI is InChI=1S/C25H26N4O3/c1-18(28-32-17-13-29-11-15-30-16-12-29)19-6-8-20(9-7-19)26-24-21-4-2-3-5-23(21)27-25-22(24)10-14-31-25/h2-10,14H,11-13,15-17H2,1H3,(H,26,27). The zero-order chi connectivity index (χ0) is 21.8. The van der Waals surface area contributed by atoms with E-state index in [1.165, 1.54) is 0 Å². The van der Waals surface area contributed by atoms with E-state index in [0.29, 0.717) is 12.3 Å². The van der Waals surface area contributed by atoms with E-state index in [1.54, 1.807) is 6.26 Å². The lowest BCUT2D eigenvalue weighted by molar-refractivity contribution is 0.0212. The van der Waals surface area contributed by atoms with Gasteiger partial charge in [0, 0.05) is 30.7 Å². The number of para-hydroxylation sites is 1. The number of pyridine rings is 1. The second-order valence-electron chi connectivity index (χ2n) is 7.81. The van der Waals surface area contributed by atoms with Gasteiger partial charge in [-0.05, 0) is 36.8 Å². The number of rotatable bonds is 7. The van der Waals surface area contributed by atoms with Crippen LogP contribution in [-0.2, 0) is 9.57 Å². The maximum absolute atomic E-state index is 5.55. The topological polar surface area (TPSA) is 72.1 Å². The smallest absolute Gasteiger partial charge is 0.228 e. The number of fused-ring (bicyclic) bond motifs is 2. The summed E-state index contributed by atoms with van der Waals surface area (Å²) < 4.78 is 10.9. The van der Waals surface area contributed by atoms with Crippen molar-refractivity contribution in [2.45, 2.75) is 6.92 Å². The molecule has 164 valence electrons. The molecule has 0 amide bonds. The number of aromatic nitrogens is 1. The Morgan fingerprint density at radius 2 is 1.88 bits per heavy atom. The molecule has 1 saturated heterocycles. The van der Waals surface area contributed by atoms with E-state index in [4.69, 9.17) is 14.0 Å². The molecule has 7 nitrogen and oxygen atoms in total. The summed E-state index contributed by atoms with van der Waals surface area (Å²) in [6.45, 7) is 6.91. The van der Waals surface area contributed by atoms with Gasteiger partial charge in [0.25, 0.3) is 0 Å². The van der Waals surface area contributed by atoms with Gasteiger partial charge < -0.3 is 19.3 Å². The molecule has 0 bridgehead atoms. The Labute approximate surface area is 186 Å². The SMILES string of the molecule is CC(=NOCCN1CCOCC1)c1ccc(Nc2c3ccccc3nc3occc23)cc1. The number of morpholine rings is 1. The number of benzene rings is 2. The van der Waals surface area contributed by atoms with E-state index in [9.17, 15) is 0 Å². The first-order valence-electron chi connectivity index (χ1n) is 10.9. The molecule has 0 radical (unpaired) electrons. The van der Waals surface area contributed by atoms with E-state index < -0.39 is 0 Å². The van der Waals surface area contributed by atoms with Crippen LogP contribution in [0, 0.1) is 0 Å². The highest BCUT2D eigenvalue weighted by Crippen LogP contribution is 2.33. The van der Waals surface area contributed by atoms with Crippen LogP contribution in [0.1, 0.15) is 12.5 Å². The van der Waals surface area contributed by atoms with Gasteiger partial charge in [-0.1, -0.05) is 35.5 Å². The van der Waals surface area contributed by atoms with Crippen molar-refractivity contribution >= 4 is 39.1 Å². The van der Waals surface area contributed by atoms with Crippen molar-refractivity contribution < 1.29 is 14.0 Å². The molecule has 1 aliphatic heterocycles. The Morgan fingerprint density at radius 3 is 2.72 bits per heavy atom. The van der Waals surface area contributed by atoms with Crippen LogP contribution in [0.5, 0.6) is 0 Å². The zero-order valence-corrected chi connectivity index (χ0v) is 18.1. The number of furan rings is 1. The predicted octanol–water partition coefficient (Wildman–Crippen LogP) is 4.80. The van der Waals surface area contributed by atoms with Crippen molar-refractivity contribution in [2.75, 3.05) is 44.8 Å². The molecule has 1 N–H and O–H groups in total. The number of hydrogen-bond acceptors (Lipinski definition) is 7. The summed E-state index contributed by atoms with van der Waals surface area (Å²) in [7, 11) is 0. The van der Waals surface area contributed by atoms with Crippen molar-refractivity contribution in [1.82, 2.24) is 9.88 Å². The molecule has 1 fully saturated rings. The Morgan fingerprint density at radius 1 is 1.06 bits per heavy atom. The number of hydrogen-bond donors (Lipinski definition) is 1. The maximum atomic E-state index is 5.55. The fraction of sp³-hybridized carbons (Fsp3) is 0.280. The largest absolute Gasteiger partial charge is 0.446 e. The molecule has 5 rings (SSSR count). The van der Waals surface area contributed by atoms with Gasteiger partial charge in [-0.25, -0.2) is 4.98 Å². The molecule has 4 aromatic rings. The highest BCUT2D eigenvalue weighted by molar-refractivity contribution is 6.07. The van der Waals surface area contributed by atoms with E-state index in [-0.39, 0.29) is 0 Å². The fourth-order valence-electron chi connectivity index (χ4n) is 3.88. The predicted molar refractivity (Wildman–Crippen MR) is 127 cm³/mol. The van der Waals surface area contributed by atoms with E-state index in [2.05, 4.69) is 26.4 Å². The molecule has 2 aromatic carbocycles. The average molecular weight is 431 g/mol. The third-order valence-corrected chi connectivity index (χ3v) is 5.69. The molecular formula is C25H26N4O3. The molecule has 0 spiro atoms. The first-order valence-corrected chi connectivity index (χ1v) is 10.9. The van der Waals surface area contributed by atoms with E-state index in [1.807, 2.05) is 55.5 Å². The van der Waals surface area contributed by atoms with Gasteiger partial charge in [-0.2, -0.15) is 0 Å². The molecule has 0 unspecified atom stereocenters. The second-order valence-corrected chi connectivity index (χ2v) is 7.81. The average Bonchev–Trinajstić information content (AvgIpc) is 3.31. The normalized spacial score (nSPS) is 15.3. The van der Waals surface area contributed by atoms with Gasteiger partial charge in [0.2, 0.25) is 5.71 Å². The van der Waals surface area contributed by atoms with Gasteiger partial charge in [-0.15, -0.1) is 0 Å². The molecule has 0 saturated carbocycles. The third-order valence-electron chi connectivity index (χ3n) is 5.69. The number of anilines is 2. The van der Waals surface area contributed by atoms with Gasteiger partial charge >= 0.3 is 0 Å². The Bertz CT molecular complexity index is 1230. The second kappa shape index (κ2) is 9.38. The molecule has 32 heavy (non-hydrogen) atoms. The molecule has 2 aromatic heterocycles. The van der Waals surface area contributed by atoms with Crippen LogP contribution in [-0.4, -0.2) is 55.1 Å². The number of ether oxygens (including phenoxy) is 1. The Hall–Kier alpha value is -3.42. The summed E-state index contributed by atoms with van der Waals surface area (Å²) in [6, 6.07) is 18.2. The van der Waals surface area contributed by atoms with Crippen LogP contribution in [0.3, 0.4) is 0 Å². The first kappa shape index (κ1) is 20.5. The fourth-order valence-corrected chi connectivity index (χ4v) is 3.88. The monoisotopic (exact) mass is 430 g/mol. The molecule has 0 aliphatic carbocycles. The van der Waals surface area contributed by atoms with Crippen molar-refractivity contribution in [3.8, 4) is 0 Å². The van der Waals surface area contributed by atoms with Crippen LogP contribution in [0.4, 0.5) is 11.4 Å². The minimum Gasteiger partial charge on any atom is -0.446 e. The quantitative estimate of drug-likeness (QED) is 0.258. The highest BCUT2D eigenvalue weighted by atomic mass is 16.6. The lowest BCUT2D eigenvalue weighted by atomic mass is 10.1. The molecule has 7 heteroatoms. The van der Waals surface area contributed by atoms with Gasteiger partial charge in [0.1, 0.15) is 6.61 Å². The van der Waals surface area contributed by atoms with Crippen molar-refractivity contribution in [3.63, 3.8) is 0 Å². The summed E-state index contributed by atoms with van der Waals surface area (Å²) in [4.78, 5) is 12.5. The van der Waals surface area contributed by atoms with Crippen molar-refractivity contribution in [1.29, 1.82) is 0 Å². The summed E-state index contributed by atoms with van der Waals surface area (Å²) >= 11 is 0. The van der Waals surface area contributed by atoms with Gasteiger partial charge in [-0.3, -0.25) is 4.90 Å². The minimum atomic E-state index is 0.576. The summed E-state index contributed by atoms with van der Waals surface area (Å²) in [5.74, 6) is 0. The van der Waals surface area contributed by atoms with Crippen LogP contribution < -0.4 is 5.32 Å². The maximum Gasteiger partial charge on any atom is 0.228 e. The third kappa shape index (κ3) is 4.44. The molecule has 1 aliphatic rings. The molecular weight excluding hydrogens is 404 g/mol. The van der Waals surface area contributed by atoms with E-state index >= 15 is 0 Å². The Balaban J connectivity index is 1.27. The summed E-state index contributed by atoms with van der Waals surface area (Å²) in [5, 5.41) is 9.84. The summed E-state index contributed by atoms with van der Waals surface area (Å²) in [6.07, 6.45) is 1.67. The van der Waals surface area contributed by atoms with Gasteiger partial charge in [0.15, 0.2) is 0 Å². The number of oxime groups is 1. The van der Waals surface area contributed by atoms with Crippen molar-refractivity contribution in [3.05, 3.63) is 66.4 Å². The van der Waals surface area contributed by atoms with Crippen LogP contribution >= 0.6 is 0 Å². The number of nitrogens with zero attached hydrogens (tertiary/aromatic N) is 3. The first-order chi connectivity index (χ1) is 15.8. The number of nitrogens with one attached hydrogen (secondary N) is 1.